The van der Waals surface area contributed by atoms with Crippen LogP contribution in [0.3, 0.4) is 0 Å². The number of nitrogens with one attached hydrogen (secondary N) is 1. The number of fused-ring (bicyclic) bond motifs is 1. The predicted octanol–water partition coefficient (Wildman–Crippen LogP) is 4.42. The molecule has 2 nitrogen and oxygen atoms in total. The average molecular weight is 262 g/mol. The van der Waals surface area contributed by atoms with Crippen molar-refractivity contribution in [1.82, 2.24) is 0 Å². The van der Waals surface area contributed by atoms with Gasteiger partial charge in [0.05, 0.1) is 5.70 Å². The largest absolute Gasteiger partial charge is 0.358 e. The fourth-order valence-corrected chi connectivity index (χ4v) is 1.96. The van der Waals surface area contributed by atoms with E-state index < -0.39 is 0 Å². The molecule has 1 N–H and O–H groups in total. The summed E-state index contributed by atoms with van der Waals surface area (Å²) in [7, 11) is 0. The van der Waals surface area contributed by atoms with Gasteiger partial charge >= 0.3 is 0 Å². The number of hydrogen-bond acceptors (Lipinski definition) is 2. The standard InChI is InChI=1S/C18H18N2/c1-3-5-10-16(8-4-2)19-13-12-17-14-15-9-6-7-11-18(15)20-17/h3-13,20H,1-2,14H2/b10-5-,16-8+,17-12?,19-13?. The van der Waals surface area contributed by atoms with Gasteiger partial charge < -0.3 is 5.32 Å². The van der Waals surface area contributed by atoms with Gasteiger partial charge in [0.25, 0.3) is 0 Å². The van der Waals surface area contributed by atoms with Crippen LogP contribution >= 0.6 is 0 Å². The van der Waals surface area contributed by atoms with Crippen LogP contribution in [0.5, 0.6) is 0 Å². The van der Waals surface area contributed by atoms with Crippen molar-refractivity contribution in [2.45, 2.75) is 6.42 Å². The van der Waals surface area contributed by atoms with Crippen molar-refractivity contribution in [3.63, 3.8) is 0 Å². The van der Waals surface area contributed by atoms with Gasteiger partial charge in [-0.25, -0.2) is 0 Å². The van der Waals surface area contributed by atoms with E-state index >= 15 is 0 Å². The summed E-state index contributed by atoms with van der Waals surface area (Å²) in [5, 5.41) is 3.38. The van der Waals surface area contributed by atoms with Gasteiger partial charge in [0.15, 0.2) is 0 Å². The van der Waals surface area contributed by atoms with Crippen LogP contribution in [0.25, 0.3) is 0 Å². The number of benzene rings is 1. The molecule has 1 aromatic rings. The molecule has 0 radical (unpaired) electrons. The van der Waals surface area contributed by atoms with Gasteiger partial charge in [-0.15, -0.1) is 0 Å². The van der Waals surface area contributed by atoms with E-state index in [4.69, 9.17) is 0 Å². The number of rotatable bonds is 5. The van der Waals surface area contributed by atoms with Gasteiger partial charge in [0, 0.05) is 24.0 Å². The summed E-state index contributed by atoms with van der Waals surface area (Å²) >= 11 is 0. The van der Waals surface area contributed by atoms with Gasteiger partial charge in [-0.3, -0.25) is 4.99 Å². The molecule has 2 rings (SSSR count). The highest BCUT2D eigenvalue weighted by atomic mass is 14.9. The molecule has 0 unspecified atom stereocenters. The Morgan fingerprint density at radius 3 is 2.80 bits per heavy atom. The highest BCUT2D eigenvalue weighted by Crippen LogP contribution is 2.26. The second-order valence-corrected chi connectivity index (χ2v) is 4.35. The summed E-state index contributed by atoms with van der Waals surface area (Å²) < 4.78 is 0. The summed E-state index contributed by atoms with van der Waals surface area (Å²) in [6.45, 7) is 7.33. The van der Waals surface area contributed by atoms with Crippen molar-refractivity contribution in [2.75, 3.05) is 5.32 Å². The van der Waals surface area contributed by atoms with E-state index in [0.717, 1.165) is 17.8 Å². The molecule has 0 saturated heterocycles. The lowest BCUT2D eigenvalue weighted by Crippen LogP contribution is -1.91. The molecule has 1 heterocycles. The lowest BCUT2D eigenvalue weighted by atomic mass is 10.1. The van der Waals surface area contributed by atoms with E-state index in [1.807, 2.05) is 30.4 Å². The zero-order chi connectivity index (χ0) is 14.2. The second-order valence-electron chi connectivity index (χ2n) is 4.35. The lowest BCUT2D eigenvalue weighted by Gasteiger charge is -1.97. The predicted molar refractivity (Wildman–Crippen MR) is 88.0 cm³/mol. The molecule has 0 saturated carbocycles. The molecule has 20 heavy (non-hydrogen) atoms. The molecule has 1 aliphatic heterocycles. The van der Waals surface area contributed by atoms with Crippen LogP contribution in [-0.2, 0) is 6.42 Å². The Morgan fingerprint density at radius 2 is 2.05 bits per heavy atom. The minimum atomic E-state index is 0.840. The molecular formula is C18H18N2. The van der Waals surface area contributed by atoms with E-state index in [9.17, 15) is 0 Å². The number of anilines is 1. The van der Waals surface area contributed by atoms with Gasteiger partial charge in [0.1, 0.15) is 0 Å². The van der Waals surface area contributed by atoms with Gasteiger partial charge in [-0.1, -0.05) is 49.6 Å². The molecular weight excluding hydrogens is 244 g/mol. The molecule has 0 aliphatic carbocycles. The van der Waals surface area contributed by atoms with Gasteiger partial charge in [0.2, 0.25) is 0 Å². The maximum absolute atomic E-state index is 4.39. The third-order valence-corrected chi connectivity index (χ3v) is 2.88. The number of hydrogen-bond donors (Lipinski definition) is 1. The first-order valence-electron chi connectivity index (χ1n) is 6.53. The topological polar surface area (TPSA) is 24.4 Å². The molecule has 2 heteroatoms. The maximum Gasteiger partial charge on any atom is 0.0629 e. The van der Waals surface area contributed by atoms with E-state index in [-0.39, 0.29) is 0 Å². The minimum absolute atomic E-state index is 0.840. The monoisotopic (exact) mass is 262 g/mol. The smallest absolute Gasteiger partial charge is 0.0629 e. The molecule has 0 spiro atoms. The zero-order valence-electron chi connectivity index (χ0n) is 11.4. The Labute approximate surface area is 120 Å². The normalized spacial score (nSPS) is 16.6. The Hall–Kier alpha value is -2.61. The molecule has 0 fully saturated rings. The number of nitrogens with zero attached hydrogens (tertiary/aromatic N) is 1. The van der Waals surface area contributed by atoms with Crippen LogP contribution in [0, 0.1) is 0 Å². The second kappa shape index (κ2) is 7.10. The molecule has 0 atom stereocenters. The van der Waals surface area contributed by atoms with Crippen molar-refractivity contribution in [1.29, 1.82) is 0 Å². The Kier molecular flexibility index (Phi) is 4.90. The quantitative estimate of drug-likeness (QED) is 0.616. The summed E-state index contributed by atoms with van der Waals surface area (Å²) in [6, 6.07) is 8.32. The first-order valence-corrected chi connectivity index (χ1v) is 6.53. The van der Waals surface area contributed by atoms with Crippen LogP contribution in [-0.4, -0.2) is 6.21 Å². The van der Waals surface area contributed by atoms with Crippen molar-refractivity contribution in [2.24, 2.45) is 4.99 Å². The first kappa shape index (κ1) is 13.8. The Morgan fingerprint density at radius 1 is 1.20 bits per heavy atom. The summed E-state index contributed by atoms with van der Waals surface area (Å²) in [6.07, 6.45) is 13.8. The fourth-order valence-electron chi connectivity index (χ4n) is 1.96. The molecule has 1 aromatic carbocycles. The minimum Gasteiger partial charge on any atom is -0.358 e. The Bertz CT molecular complexity index is 589. The van der Waals surface area contributed by atoms with E-state index in [2.05, 4.69) is 41.7 Å². The van der Waals surface area contributed by atoms with Crippen molar-refractivity contribution in [3.05, 3.63) is 90.8 Å². The fraction of sp³-hybridized carbons (Fsp3) is 0.0556. The lowest BCUT2D eigenvalue weighted by molar-refractivity contribution is 1.25. The van der Waals surface area contributed by atoms with E-state index in [1.165, 1.54) is 11.3 Å². The molecule has 100 valence electrons. The Balaban J connectivity index is 2.05. The first-order chi connectivity index (χ1) is 9.83. The summed E-state index contributed by atoms with van der Waals surface area (Å²) in [5.74, 6) is 0. The van der Waals surface area contributed by atoms with Crippen LogP contribution in [0.4, 0.5) is 5.69 Å². The molecule has 0 bridgehead atoms. The summed E-state index contributed by atoms with van der Waals surface area (Å²) in [5.41, 5.74) is 4.49. The molecule has 1 aliphatic rings. The third kappa shape index (κ3) is 3.69. The number of allylic oxidation sites excluding steroid dienone is 7. The van der Waals surface area contributed by atoms with Gasteiger partial charge in [-0.05, 0) is 29.9 Å². The SMILES string of the molecule is C=C/C=C\C(=C/C=C)N=CC=C1Cc2ccccc2N1. The average Bonchev–Trinajstić information content (AvgIpc) is 2.87. The van der Waals surface area contributed by atoms with Crippen LogP contribution in [0.2, 0.25) is 0 Å². The highest BCUT2D eigenvalue weighted by Gasteiger charge is 2.12. The number of para-hydroxylation sites is 1. The summed E-state index contributed by atoms with van der Waals surface area (Å²) in [4.78, 5) is 4.39. The van der Waals surface area contributed by atoms with E-state index in [0.29, 0.717) is 0 Å². The van der Waals surface area contributed by atoms with Crippen LogP contribution in [0.15, 0.2) is 90.3 Å². The van der Waals surface area contributed by atoms with E-state index in [1.54, 1.807) is 18.4 Å². The third-order valence-electron chi connectivity index (χ3n) is 2.88. The number of aliphatic imine (C=N–C) groups is 1. The van der Waals surface area contributed by atoms with Gasteiger partial charge in [-0.2, -0.15) is 0 Å². The van der Waals surface area contributed by atoms with Crippen molar-refractivity contribution in [3.8, 4) is 0 Å². The van der Waals surface area contributed by atoms with Crippen LogP contribution < -0.4 is 5.32 Å². The van der Waals surface area contributed by atoms with Crippen LogP contribution in [0.1, 0.15) is 5.56 Å². The maximum atomic E-state index is 4.39. The molecule has 0 amide bonds. The van der Waals surface area contributed by atoms with Crippen molar-refractivity contribution < 1.29 is 0 Å². The van der Waals surface area contributed by atoms with Crippen molar-refractivity contribution >= 4 is 11.9 Å². The molecule has 0 aromatic heterocycles. The zero-order valence-corrected chi connectivity index (χ0v) is 11.4. The highest BCUT2D eigenvalue weighted by molar-refractivity contribution is 5.77.